The number of nitrogens with zero attached hydrogens (tertiary/aromatic N) is 6. The highest BCUT2D eigenvalue weighted by Gasteiger charge is 2.26. The lowest BCUT2D eigenvalue weighted by Crippen LogP contribution is -1.97. The van der Waals surface area contributed by atoms with E-state index in [-0.39, 0.29) is 0 Å². The summed E-state index contributed by atoms with van der Waals surface area (Å²) in [6, 6.07) is 188. The van der Waals surface area contributed by atoms with Crippen LogP contribution in [0, 0.1) is 0 Å². The van der Waals surface area contributed by atoms with Gasteiger partial charge in [-0.25, -0.2) is 0 Å². The standard InChI is InChI=1S/2C48H30N2O.C42H26N2O/c1-2-13-31(14-3-1)34-15-4-8-19-40(34)49-41-20-9-5-16-35(41)38-29-32(25-27-43(38)49)33-26-28-44-39(30-33)36-17-6-10-21-42(36)50(44)45-22-12-24-47-48(45)37-18-7-11-23-46(37)51-47;1-2-10-31(11-3-1)32-18-22-35(23-19-32)49-43-15-7-4-12-37(43)40-28-33(20-25-45(40)49)34-21-26-46-41(29-34)38-13-5-8-16-44(38)50(46)36-24-27-48-42(30-36)39-14-6-9-17-47(39)51-48;1-2-10-29(11-3-1)43-37-15-7-4-12-31(37)34-24-27(18-21-39(34)43)28-19-22-40-35(25-28)32-13-5-8-16-38(32)44(40)30-20-23-42-36(26-30)33-14-6-9-17-41(33)45-42/h2*1-30H;1-26H. The van der Waals surface area contributed by atoms with Crippen LogP contribution in [-0.4, -0.2) is 27.4 Å². The van der Waals surface area contributed by atoms with Crippen molar-refractivity contribution in [3.8, 4) is 89.8 Å². The minimum Gasteiger partial charge on any atom is -0.456 e. The van der Waals surface area contributed by atoms with Crippen molar-refractivity contribution in [2.24, 2.45) is 0 Å². The van der Waals surface area contributed by atoms with Gasteiger partial charge in [0, 0.05) is 120 Å². The van der Waals surface area contributed by atoms with Crippen LogP contribution in [0.15, 0.2) is 535 Å². The molecule has 9 aromatic heterocycles. The van der Waals surface area contributed by atoms with Crippen LogP contribution in [0.5, 0.6) is 0 Å². The fourth-order valence-corrected chi connectivity index (χ4v) is 23.7. The number of para-hydroxylation sites is 11. The van der Waals surface area contributed by atoms with Crippen molar-refractivity contribution >= 4 is 197 Å². The van der Waals surface area contributed by atoms with Crippen LogP contribution in [0.3, 0.4) is 0 Å². The molecule has 0 atom stereocenters. The first-order valence-corrected chi connectivity index (χ1v) is 50.2. The fraction of sp³-hybridized carbons (Fsp3) is 0. The zero-order valence-corrected chi connectivity index (χ0v) is 79.6. The molecule has 0 aliphatic rings. The number of benzene rings is 23. The Morgan fingerprint density at radius 2 is 0.361 bits per heavy atom. The molecule has 0 radical (unpaired) electrons. The molecular weight excluding hydrogens is 1790 g/mol. The SMILES string of the molecule is c1ccc(-c2ccc(-n3c4ccccc4c4cc(-c5ccc6c(c5)c5ccccc5n6-c5ccc6oc7ccccc7c6c5)ccc43)cc2)cc1.c1ccc(-c2ccccc2-n2c3ccccc3c3cc(-c4ccc5c(c4)c4ccccc4n5-c4cccc5oc6ccccc6c45)ccc32)cc1.c1ccc(-n2c3ccccc3c3cc(-c4ccc5c(c4)c4ccccc4n5-c4ccc5oc6ccccc6c5c4)ccc32)cc1. The van der Waals surface area contributed by atoms with E-state index in [0.717, 1.165) is 88.6 Å². The molecule has 686 valence electrons. The summed E-state index contributed by atoms with van der Waals surface area (Å²) in [6.45, 7) is 0. The number of furan rings is 3. The number of rotatable bonds is 11. The third-order valence-corrected chi connectivity index (χ3v) is 30.4. The molecular formula is C138H86N6O3. The molecule has 0 bridgehead atoms. The van der Waals surface area contributed by atoms with Crippen molar-refractivity contribution < 1.29 is 13.3 Å². The van der Waals surface area contributed by atoms with Gasteiger partial charge in [-0.3, -0.25) is 0 Å². The Hall–Kier alpha value is -19.7. The van der Waals surface area contributed by atoms with E-state index >= 15 is 0 Å². The van der Waals surface area contributed by atoms with E-state index in [2.05, 4.69) is 513 Å². The largest absolute Gasteiger partial charge is 0.456 e. The van der Waals surface area contributed by atoms with Gasteiger partial charge in [0.15, 0.2) is 0 Å². The van der Waals surface area contributed by atoms with Crippen molar-refractivity contribution in [2.45, 2.75) is 0 Å². The average molecular weight is 1880 g/mol. The van der Waals surface area contributed by atoms with Gasteiger partial charge in [-0.05, 0) is 256 Å². The lowest BCUT2D eigenvalue weighted by molar-refractivity contribution is 0.668. The number of fused-ring (bicyclic) bond motifs is 27. The Labute approximate surface area is 842 Å². The van der Waals surface area contributed by atoms with Crippen molar-refractivity contribution in [1.29, 1.82) is 0 Å². The molecule has 0 unspecified atom stereocenters. The summed E-state index contributed by atoms with van der Waals surface area (Å²) in [5.41, 5.74) is 38.8. The average Bonchev–Trinajstić information content (AvgIpc) is 1.58. The number of hydrogen-bond acceptors (Lipinski definition) is 3. The minimum atomic E-state index is 0.898. The summed E-state index contributed by atoms with van der Waals surface area (Å²) in [7, 11) is 0. The van der Waals surface area contributed by atoms with Gasteiger partial charge in [0.1, 0.15) is 33.5 Å². The molecule has 0 saturated heterocycles. The molecule has 23 aromatic carbocycles. The van der Waals surface area contributed by atoms with Crippen molar-refractivity contribution in [2.75, 3.05) is 0 Å². The lowest BCUT2D eigenvalue weighted by Gasteiger charge is -2.14. The highest BCUT2D eigenvalue weighted by molar-refractivity contribution is 6.20. The van der Waals surface area contributed by atoms with Gasteiger partial charge < -0.3 is 40.7 Å². The predicted octanol–water partition coefficient (Wildman–Crippen LogP) is 37.7. The Kier molecular flexibility index (Phi) is 18.9. The van der Waals surface area contributed by atoms with Gasteiger partial charge in [-0.1, -0.05) is 315 Å². The van der Waals surface area contributed by atoms with Crippen LogP contribution in [-0.2, 0) is 0 Å². The van der Waals surface area contributed by atoms with E-state index in [4.69, 9.17) is 13.3 Å². The zero-order valence-electron chi connectivity index (χ0n) is 79.6. The lowest BCUT2D eigenvalue weighted by atomic mass is 10.0. The van der Waals surface area contributed by atoms with Crippen LogP contribution < -0.4 is 0 Å². The van der Waals surface area contributed by atoms with E-state index in [1.165, 1.54) is 198 Å². The summed E-state index contributed by atoms with van der Waals surface area (Å²) < 4.78 is 32.9. The summed E-state index contributed by atoms with van der Waals surface area (Å²) in [4.78, 5) is 0. The molecule has 0 spiro atoms. The highest BCUT2D eigenvalue weighted by atomic mass is 16.3. The molecule has 9 nitrogen and oxygen atoms in total. The number of hydrogen-bond donors (Lipinski definition) is 0. The maximum atomic E-state index is 6.30. The van der Waals surface area contributed by atoms with Crippen LogP contribution in [0.2, 0.25) is 0 Å². The topological polar surface area (TPSA) is 69.0 Å². The van der Waals surface area contributed by atoms with Gasteiger partial charge >= 0.3 is 0 Å². The Morgan fingerprint density at radius 3 is 0.762 bits per heavy atom. The van der Waals surface area contributed by atoms with Crippen molar-refractivity contribution in [1.82, 2.24) is 27.4 Å². The summed E-state index contributed by atoms with van der Waals surface area (Å²) in [5, 5.41) is 21.7. The molecule has 9 heteroatoms. The minimum absolute atomic E-state index is 0.898. The highest BCUT2D eigenvalue weighted by Crippen LogP contribution is 2.48. The molecule has 147 heavy (non-hydrogen) atoms. The van der Waals surface area contributed by atoms with E-state index in [1.807, 2.05) is 36.4 Å². The van der Waals surface area contributed by atoms with E-state index in [0.29, 0.717) is 0 Å². The molecule has 32 aromatic rings. The second-order valence-electron chi connectivity index (χ2n) is 38.4. The van der Waals surface area contributed by atoms with Crippen LogP contribution >= 0.6 is 0 Å². The summed E-state index contributed by atoms with van der Waals surface area (Å²) in [5.74, 6) is 0. The first-order valence-electron chi connectivity index (χ1n) is 50.2. The number of aromatic nitrogens is 6. The summed E-state index contributed by atoms with van der Waals surface area (Å²) in [6.07, 6.45) is 0. The Morgan fingerprint density at radius 1 is 0.116 bits per heavy atom. The smallest absolute Gasteiger partial charge is 0.137 e. The third kappa shape index (κ3) is 13.3. The summed E-state index contributed by atoms with van der Waals surface area (Å²) >= 11 is 0. The third-order valence-electron chi connectivity index (χ3n) is 30.4. The van der Waals surface area contributed by atoms with E-state index in [9.17, 15) is 0 Å². The maximum absolute atomic E-state index is 6.30. The second kappa shape index (κ2) is 33.5. The van der Waals surface area contributed by atoms with Crippen molar-refractivity contribution in [3.63, 3.8) is 0 Å². The van der Waals surface area contributed by atoms with Gasteiger partial charge in [-0.15, -0.1) is 0 Å². The molecule has 9 heterocycles. The van der Waals surface area contributed by atoms with Gasteiger partial charge in [-0.2, -0.15) is 0 Å². The molecule has 0 fully saturated rings. The van der Waals surface area contributed by atoms with Gasteiger partial charge in [0.25, 0.3) is 0 Å². The maximum Gasteiger partial charge on any atom is 0.137 e. The quantitative estimate of drug-likeness (QED) is 0.130. The van der Waals surface area contributed by atoms with Gasteiger partial charge in [0.2, 0.25) is 0 Å². The van der Waals surface area contributed by atoms with Gasteiger partial charge in [0.05, 0.1) is 83.0 Å². The monoisotopic (exact) mass is 1870 g/mol. The molecule has 0 N–H and O–H groups in total. The molecule has 0 aliphatic heterocycles. The Bertz CT molecular complexity index is 11000. The molecule has 0 amide bonds. The van der Waals surface area contributed by atoms with Crippen LogP contribution in [0.25, 0.3) is 286 Å². The Balaban J connectivity index is 0.000000102. The van der Waals surface area contributed by atoms with Crippen LogP contribution in [0.4, 0.5) is 0 Å². The first kappa shape index (κ1) is 83.1. The second-order valence-corrected chi connectivity index (χ2v) is 38.4. The molecule has 32 rings (SSSR count). The zero-order chi connectivity index (χ0) is 96.4. The van der Waals surface area contributed by atoms with E-state index in [1.54, 1.807) is 0 Å². The predicted molar refractivity (Wildman–Crippen MR) is 614 cm³/mol. The molecule has 0 aliphatic carbocycles. The van der Waals surface area contributed by atoms with Crippen LogP contribution in [0.1, 0.15) is 0 Å². The normalized spacial score (nSPS) is 11.9. The fourth-order valence-electron chi connectivity index (χ4n) is 23.7. The van der Waals surface area contributed by atoms with E-state index < -0.39 is 0 Å². The first-order chi connectivity index (χ1) is 72.9. The molecule has 0 saturated carbocycles. The van der Waals surface area contributed by atoms with Crippen molar-refractivity contribution in [3.05, 3.63) is 522 Å².